The van der Waals surface area contributed by atoms with Crippen LogP contribution < -0.4 is 15.4 Å². The van der Waals surface area contributed by atoms with Crippen LogP contribution in [0.4, 0.5) is 15.9 Å². The Bertz CT molecular complexity index is 990. The molecule has 28 heavy (non-hydrogen) atoms. The third kappa shape index (κ3) is 4.82. The van der Waals surface area contributed by atoms with Crippen molar-refractivity contribution in [2.45, 2.75) is 20.4 Å². The zero-order valence-electron chi connectivity index (χ0n) is 15.9. The number of methoxy groups -OCH3 is 1. The number of carbonyl (C=O) groups excluding carboxylic acids is 1. The zero-order valence-corrected chi connectivity index (χ0v) is 15.9. The lowest BCUT2D eigenvalue weighted by Crippen LogP contribution is -2.16. The highest BCUT2D eigenvalue weighted by atomic mass is 19.1. The fourth-order valence-corrected chi connectivity index (χ4v) is 2.68. The first-order chi connectivity index (χ1) is 13.4. The van der Waals surface area contributed by atoms with Gasteiger partial charge in [-0.15, -0.1) is 0 Å². The topological polar surface area (TPSA) is 76.1 Å². The number of carbonyl (C=O) groups is 1. The van der Waals surface area contributed by atoms with Gasteiger partial charge in [0, 0.05) is 12.6 Å². The van der Waals surface area contributed by atoms with Gasteiger partial charge in [-0.25, -0.2) is 14.4 Å². The lowest BCUT2D eigenvalue weighted by Gasteiger charge is -2.12. The average Bonchev–Trinajstić information content (AvgIpc) is 2.67. The number of nitrogens with one attached hydrogen (secondary N) is 2. The molecule has 0 atom stereocenters. The lowest BCUT2D eigenvalue weighted by molar-refractivity contribution is 0.102. The number of ether oxygens (including phenoxy) is 1. The Kier molecular flexibility index (Phi) is 5.84. The first-order valence-electron chi connectivity index (χ1n) is 8.74. The molecule has 3 rings (SSSR count). The van der Waals surface area contributed by atoms with E-state index in [0.717, 1.165) is 11.1 Å². The largest absolute Gasteiger partial charge is 0.495 e. The first kappa shape index (κ1) is 19.3. The van der Waals surface area contributed by atoms with Crippen molar-refractivity contribution in [2.24, 2.45) is 0 Å². The molecule has 2 aromatic carbocycles. The van der Waals surface area contributed by atoms with Crippen molar-refractivity contribution in [2.75, 3.05) is 17.7 Å². The van der Waals surface area contributed by atoms with Crippen LogP contribution >= 0.6 is 0 Å². The van der Waals surface area contributed by atoms with Gasteiger partial charge >= 0.3 is 0 Å². The Morgan fingerprint density at radius 3 is 2.54 bits per heavy atom. The van der Waals surface area contributed by atoms with E-state index in [9.17, 15) is 9.18 Å². The third-order valence-corrected chi connectivity index (χ3v) is 4.06. The van der Waals surface area contributed by atoms with E-state index in [2.05, 4.69) is 20.6 Å². The van der Waals surface area contributed by atoms with Crippen molar-refractivity contribution in [1.29, 1.82) is 0 Å². The maximum absolute atomic E-state index is 13.0. The van der Waals surface area contributed by atoms with Crippen molar-refractivity contribution >= 4 is 17.4 Å². The number of rotatable bonds is 6. The van der Waals surface area contributed by atoms with Crippen LogP contribution in [0.2, 0.25) is 0 Å². The fourth-order valence-electron chi connectivity index (χ4n) is 2.68. The smallest absolute Gasteiger partial charge is 0.274 e. The molecule has 7 heteroatoms. The second kappa shape index (κ2) is 8.47. The fraction of sp³-hybridized carbons (Fsp3) is 0.190. The van der Waals surface area contributed by atoms with Crippen LogP contribution in [0.15, 0.2) is 48.5 Å². The van der Waals surface area contributed by atoms with Crippen LogP contribution in [0.25, 0.3) is 0 Å². The Hall–Kier alpha value is -3.48. The van der Waals surface area contributed by atoms with Crippen LogP contribution in [-0.2, 0) is 6.54 Å². The van der Waals surface area contributed by atoms with Crippen LogP contribution in [-0.4, -0.2) is 23.0 Å². The summed E-state index contributed by atoms with van der Waals surface area (Å²) in [4.78, 5) is 21.2. The Labute approximate surface area is 162 Å². The number of hydrogen-bond donors (Lipinski definition) is 2. The molecule has 6 nitrogen and oxygen atoms in total. The SMILES string of the molecule is COc1ccc(C)cc1NC(=O)c1cc(NCc2ccc(F)cc2)nc(C)n1. The molecule has 0 radical (unpaired) electrons. The van der Waals surface area contributed by atoms with Crippen molar-refractivity contribution in [3.05, 3.63) is 77.0 Å². The van der Waals surface area contributed by atoms with Gasteiger partial charge in [0.25, 0.3) is 5.91 Å². The van der Waals surface area contributed by atoms with E-state index in [0.29, 0.717) is 29.6 Å². The van der Waals surface area contributed by atoms with Crippen molar-refractivity contribution in [3.63, 3.8) is 0 Å². The molecular formula is C21H21FN4O2. The molecule has 1 amide bonds. The van der Waals surface area contributed by atoms with Gasteiger partial charge in [0.2, 0.25) is 0 Å². The molecule has 2 N–H and O–H groups in total. The maximum Gasteiger partial charge on any atom is 0.274 e. The van der Waals surface area contributed by atoms with Crippen molar-refractivity contribution in [3.8, 4) is 5.75 Å². The van der Waals surface area contributed by atoms with Crippen molar-refractivity contribution in [1.82, 2.24) is 9.97 Å². The standard InChI is InChI=1S/C21H21FN4O2/c1-13-4-9-19(28-3)17(10-13)26-21(27)18-11-20(25-14(2)24-18)23-12-15-5-7-16(22)8-6-15/h4-11H,12H2,1-3H3,(H,26,27)(H,23,24,25). The monoisotopic (exact) mass is 380 g/mol. The molecule has 0 aliphatic carbocycles. The predicted octanol–water partition coefficient (Wildman–Crippen LogP) is 4.11. The van der Waals surface area contributed by atoms with Crippen LogP contribution in [0.1, 0.15) is 27.4 Å². The minimum atomic E-state index is -0.362. The summed E-state index contributed by atoms with van der Waals surface area (Å²) < 4.78 is 18.3. The minimum absolute atomic E-state index is 0.234. The lowest BCUT2D eigenvalue weighted by atomic mass is 10.2. The minimum Gasteiger partial charge on any atom is -0.495 e. The summed E-state index contributed by atoms with van der Waals surface area (Å²) in [5.41, 5.74) is 2.70. The summed E-state index contributed by atoms with van der Waals surface area (Å²) in [5.74, 6) is 0.898. The highest BCUT2D eigenvalue weighted by Gasteiger charge is 2.13. The second-order valence-corrected chi connectivity index (χ2v) is 6.32. The summed E-state index contributed by atoms with van der Waals surface area (Å²) in [7, 11) is 1.55. The number of aryl methyl sites for hydroxylation is 2. The number of aromatic nitrogens is 2. The highest BCUT2D eigenvalue weighted by molar-refractivity contribution is 6.04. The van der Waals surface area contributed by atoms with Gasteiger partial charge in [0.1, 0.15) is 28.9 Å². The van der Waals surface area contributed by atoms with Gasteiger partial charge in [-0.05, 0) is 49.2 Å². The van der Waals surface area contributed by atoms with E-state index < -0.39 is 0 Å². The number of hydrogen-bond acceptors (Lipinski definition) is 5. The Morgan fingerprint density at radius 2 is 1.82 bits per heavy atom. The summed E-state index contributed by atoms with van der Waals surface area (Å²) in [6.45, 7) is 4.10. The zero-order chi connectivity index (χ0) is 20.1. The molecule has 0 spiro atoms. The summed E-state index contributed by atoms with van der Waals surface area (Å²) in [5, 5.41) is 5.96. The van der Waals surface area contributed by atoms with Gasteiger partial charge < -0.3 is 15.4 Å². The van der Waals surface area contributed by atoms with E-state index >= 15 is 0 Å². The van der Waals surface area contributed by atoms with Gasteiger partial charge in [0.05, 0.1) is 12.8 Å². The molecule has 0 saturated heterocycles. The average molecular weight is 380 g/mol. The highest BCUT2D eigenvalue weighted by Crippen LogP contribution is 2.25. The molecule has 0 bridgehead atoms. The van der Waals surface area contributed by atoms with E-state index in [4.69, 9.17) is 4.74 Å². The van der Waals surface area contributed by atoms with Gasteiger partial charge in [-0.2, -0.15) is 0 Å². The summed E-state index contributed by atoms with van der Waals surface area (Å²) >= 11 is 0. The number of anilines is 2. The quantitative estimate of drug-likeness (QED) is 0.673. The number of nitrogens with zero attached hydrogens (tertiary/aromatic N) is 2. The maximum atomic E-state index is 13.0. The Morgan fingerprint density at radius 1 is 1.07 bits per heavy atom. The number of halogens is 1. The van der Waals surface area contributed by atoms with E-state index in [-0.39, 0.29) is 17.4 Å². The number of benzene rings is 2. The molecule has 0 aliphatic heterocycles. The molecule has 0 aliphatic rings. The van der Waals surface area contributed by atoms with Crippen LogP contribution in [0.5, 0.6) is 5.75 Å². The van der Waals surface area contributed by atoms with Crippen LogP contribution in [0.3, 0.4) is 0 Å². The molecule has 0 fully saturated rings. The van der Waals surface area contributed by atoms with E-state index in [1.807, 2.05) is 19.1 Å². The second-order valence-electron chi connectivity index (χ2n) is 6.32. The first-order valence-corrected chi connectivity index (χ1v) is 8.74. The third-order valence-electron chi connectivity index (χ3n) is 4.06. The summed E-state index contributed by atoms with van der Waals surface area (Å²) in [6, 6.07) is 13.3. The van der Waals surface area contributed by atoms with E-state index in [1.165, 1.54) is 12.1 Å². The molecule has 144 valence electrons. The van der Waals surface area contributed by atoms with Gasteiger partial charge in [-0.3, -0.25) is 4.79 Å². The van der Waals surface area contributed by atoms with Gasteiger partial charge in [-0.1, -0.05) is 18.2 Å². The molecule has 1 aromatic heterocycles. The van der Waals surface area contributed by atoms with E-state index in [1.54, 1.807) is 38.3 Å². The normalized spacial score (nSPS) is 10.4. The Balaban J connectivity index is 1.76. The molecule has 0 saturated carbocycles. The van der Waals surface area contributed by atoms with Gasteiger partial charge in [0.15, 0.2) is 0 Å². The molecule has 0 unspecified atom stereocenters. The number of amides is 1. The predicted molar refractivity (Wildman–Crippen MR) is 106 cm³/mol. The molecule has 1 heterocycles. The van der Waals surface area contributed by atoms with Crippen LogP contribution in [0, 0.1) is 19.7 Å². The molecular weight excluding hydrogens is 359 g/mol. The molecule has 3 aromatic rings. The van der Waals surface area contributed by atoms with Crippen molar-refractivity contribution < 1.29 is 13.9 Å². The summed E-state index contributed by atoms with van der Waals surface area (Å²) in [6.07, 6.45) is 0.